The first-order chi connectivity index (χ1) is 11.8. The Kier molecular flexibility index (Phi) is 4.53. The molecular weight excluding hydrogens is 338 g/mol. The maximum atomic E-state index is 12.6. The van der Waals surface area contributed by atoms with E-state index in [9.17, 15) is 13.2 Å². The van der Waals surface area contributed by atoms with Crippen molar-refractivity contribution in [1.29, 1.82) is 0 Å². The van der Waals surface area contributed by atoms with Crippen molar-refractivity contribution in [3.05, 3.63) is 48.0 Å². The van der Waals surface area contributed by atoms with Gasteiger partial charge in [0.15, 0.2) is 0 Å². The molecule has 1 aliphatic heterocycles. The quantitative estimate of drug-likeness (QED) is 0.903. The Bertz CT molecular complexity index is 923. The number of carbonyl (C=O) groups is 1. The van der Waals surface area contributed by atoms with E-state index in [-0.39, 0.29) is 10.8 Å². The van der Waals surface area contributed by atoms with Crippen molar-refractivity contribution in [2.45, 2.75) is 4.90 Å². The van der Waals surface area contributed by atoms with Gasteiger partial charge in [-0.1, -0.05) is 18.2 Å². The lowest BCUT2D eigenvalue weighted by Crippen LogP contribution is -2.32. The van der Waals surface area contributed by atoms with Crippen molar-refractivity contribution in [1.82, 2.24) is 10.2 Å². The number of hydrogen-bond donors (Lipinski definition) is 1. The van der Waals surface area contributed by atoms with Crippen LogP contribution in [-0.4, -0.2) is 53.5 Å². The molecule has 0 atom stereocenters. The Hall–Kier alpha value is -2.38. The van der Waals surface area contributed by atoms with E-state index in [2.05, 4.69) is 5.32 Å². The topological polar surface area (TPSA) is 69.7 Å². The van der Waals surface area contributed by atoms with Gasteiger partial charge in [0.25, 0.3) is 15.9 Å². The molecule has 2 aromatic rings. The summed E-state index contributed by atoms with van der Waals surface area (Å²) >= 11 is 0. The zero-order valence-corrected chi connectivity index (χ0v) is 15.3. The van der Waals surface area contributed by atoms with Gasteiger partial charge >= 0.3 is 0 Å². The number of rotatable bonds is 4. The molecule has 2 aromatic carbocycles. The van der Waals surface area contributed by atoms with Gasteiger partial charge in [-0.25, -0.2) is 8.42 Å². The van der Waals surface area contributed by atoms with Gasteiger partial charge in [0.05, 0.1) is 10.6 Å². The highest BCUT2D eigenvalue weighted by Gasteiger charge is 2.32. The molecule has 0 unspecified atom stereocenters. The number of hydrogen-bond acceptors (Lipinski definition) is 4. The van der Waals surface area contributed by atoms with E-state index in [0.29, 0.717) is 23.4 Å². The van der Waals surface area contributed by atoms with Gasteiger partial charge in [-0.3, -0.25) is 9.10 Å². The van der Waals surface area contributed by atoms with Gasteiger partial charge in [-0.05, 0) is 38.4 Å². The SMILES string of the molecule is CN(C)CCNC(=O)c1ccc2c(c1)-c1ccccc1S(=O)(=O)N2C. The molecule has 1 amide bonds. The van der Waals surface area contributed by atoms with Crippen LogP contribution in [0.15, 0.2) is 47.4 Å². The summed E-state index contributed by atoms with van der Waals surface area (Å²) < 4.78 is 26.5. The monoisotopic (exact) mass is 359 g/mol. The molecule has 25 heavy (non-hydrogen) atoms. The molecule has 0 saturated heterocycles. The van der Waals surface area contributed by atoms with Gasteiger partial charge in [0, 0.05) is 36.8 Å². The maximum Gasteiger partial charge on any atom is 0.264 e. The van der Waals surface area contributed by atoms with Crippen molar-refractivity contribution in [3.63, 3.8) is 0 Å². The third kappa shape index (κ3) is 3.12. The van der Waals surface area contributed by atoms with Crippen LogP contribution in [0.2, 0.25) is 0 Å². The van der Waals surface area contributed by atoms with Crippen molar-refractivity contribution in [3.8, 4) is 11.1 Å². The molecule has 7 heteroatoms. The summed E-state index contributed by atoms with van der Waals surface area (Å²) in [7, 11) is 1.85. The van der Waals surface area contributed by atoms with Crippen LogP contribution in [0.3, 0.4) is 0 Å². The zero-order valence-electron chi connectivity index (χ0n) is 14.5. The molecular formula is C18H21N3O3S. The van der Waals surface area contributed by atoms with Gasteiger partial charge in [0.1, 0.15) is 0 Å². The summed E-state index contributed by atoms with van der Waals surface area (Å²) in [6.45, 7) is 1.30. The van der Waals surface area contributed by atoms with Crippen molar-refractivity contribution in [2.75, 3.05) is 38.5 Å². The molecule has 0 spiro atoms. The first kappa shape index (κ1) is 17.4. The molecule has 0 saturated carbocycles. The molecule has 0 aromatic heterocycles. The highest BCUT2D eigenvalue weighted by Crippen LogP contribution is 2.42. The van der Waals surface area contributed by atoms with Gasteiger partial charge in [-0.15, -0.1) is 0 Å². The molecule has 1 heterocycles. The average Bonchev–Trinajstić information content (AvgIpc) is 2.59. The lowest BCUT2D eigenvalue weighted by Gasteiger charge is -2.29. The van der Waals surface area contributed by atoms with Crippen LogP contribution in [0.4, 0.5) is 5.69 Å². The number of nitrogens with zero attached hydrogens (tertiary/aromatic N) is 2. The highest BCUT2D eigenvalue weighted by molar-refractivity contribution is 7.93. The second-order valence-corrected chi connectivity index (χ2v) is 8.20. The van der Waals surface area contributed by atoms with Crippen LogP contribution < -0.4 is 9.62 Å². The Morgan fingerprint density at radius 1 is 1.12 bits per heavy atom. The number of carbonyl (C=O) groups excluding carboxylic acids is 1. The average molecular weight is 359 g/mol. The lowest BCUT2D eigenvalue weighted by atomic mass is 10.00. The van der Waals surface area contributed by atoms with Crippen LogP contribution in [0, 0.1) is 0 Å². The minimum atomic E-state index is -3.56. The third-order valence-corrected chi connectivity index (χ3v) is 6.09. The number of nitrogens with one attached hydrogen (secondary N) is 1. The number of amides is 1. The Morgan fingerprint density at radius 3 is 2.56 bits per heavy atom. The molecule has 1 N–H and O–H groups in total. The minimum Gasteiger partial charge on any atom is -0.351 e. The molecule has 132 valence electrons. The zero-order chi connectivity index (χ0) is 18.2. The number of benzene rings is 2. The number of anilines is 1. The summed E-state index contributed by atoms with van der Waals surface area (Å²) in [4.78, 5) is 14.6. The molecule has 6 nitrogen and oxygen atoms in total. The normalized spacial score (nSPS) is 14.8. The van der Waals surface area contributed by atoms with Crippen molar-refractivity contribution in [2.24, 2.45) is 0 Å². The number of likely N-dealkylation sites (N-methyl/N-ethyl adjacent to an activating group) is 1. The molecule has 0 bridgehead atoms. The summed E-state index contributed by atoms with van der Waals surface area (Å²) in [5.74, 6) is -0.168. The van der Waals surface area contributed by atoms with Crippen LogP contribution in [-0.2, 0) is 10.0 Å². The maximum absolute atomic E-state index is 12.6. The van der Waals surface area contributed by atoms with E-state index in [1.54, 1.807) is 42.5 Å². The lowest BCUT2D eigenvalue weighted by molar-refractivity contribution is 0.0951. The summed E-state index contributed by atoms with van der Waals surface area (Å²) in [5, 5.41) is 2.88. The Labute approximate surface area is 148 Å². The summed E-state index contributed by atoms with van der Waals surface area (Å²) in [6.07, 6.45) is 0. The van der Waals surface area contributed by atoms with E-state index < -0.39 is 10.0 Å². The van der Waals surface area contributed by atoms with Crippen LogP contribution in [0.25, 0.3) is 11.1 Å². The predicted octanol–water partition coefficient (Wildman–Crippen LogP) is 1.78. The van der Waals surface area contributed by atoms with E-state index in [0.717, 1.165) is 12.1 Å². The smallest absolute Gasteiger partial charge is 0.264 e. The molecule has 1 aliphatic rings. The largest absolute Gasteiger partial charge is 0.351 e. The van der Waals surface area contributed by atoms with Crippen molar-refractivity contribution >= 4 is 21.6 Å². The summed E-state index contributed by atoms with van der Waals surface area (Å²) in [5.41, 5.74) is 2.45. The number of fused-ring (bicyclic) bond motifs is 3. The summed E-state index contributed by atoms with van der Waals surface area (Å²) in [6, 6.07) is 12.0. The molecule has 0 radical (unpaired) electrons. The first-order valence-corrected chi connectivity index (χ1v) is 9.41. The first-order valence-electron chi connectivity index (χ1n) is 7.97. The fourth-order valence-electron chi connectivity index (χ4n) is 2.85. The van der Waals surface area contributed by atoms with E-state index in [4.69, 9.17) is 0 Å². The standard InChI is InChI=1S/C18H21N3O3S/c1-20(2)11-10-19-18(22)13-8-9-16-15(12-13)14-6-4-5-7-17(14)25(23,24)21(16)3/h4-9,12H,10-11H2,1-3H3,(H,19,22). The van der Waals surface area contributed by atoms with Gasteiger partial charge in [0.2, 0.25) is 0 Å². The third-order valence-electron chi connectivity index (χ3n) is 4.26. The molecule has 0 fully saturated rings. The molecule has 0 aliphatic carbocycles. The minimum absolute atomic E-state index is 0.168. The second kappa shape index (κ2) is 6.50. The molecule has 3 rings (SSSR count). The van der Waals surface area contributed by atoms with E-state index in [1.807, 2.05) is 19.0 Å². The highest BCUT2D eigenvalue weighted by atomic mass is 32.2. The Balaban J connectivity index is 2.00. The van der Waals surface area contributed by atoms with E-state index >= 15 is 0 Å². The number of sulfonamides is 1. The second-order valence-electron chi connectivity index (χ2n) is 6.26. The van der Waals surface area contributed by atoms with Crippen molar-refractivity contribution < 1.29 is 13.2 Å². The fourth-order valence-corrected chi connectivity index (χ4v) is 4.27. The van der Waals surface area contributed by atoms with Crippen LogP contribution >= 0.6 is 0 Å². The fraction of sp³-hybridized carbons (Fsp3) is 0.278. The van der Waals surface area contributed by atoms with E-state index in [1.165, 1.54) is 11.4 Å². The predicted molar refractivity (Wildman–Crippen MR) is 98.4 cm³/mol. The van der Waals surface area contributed by atoms with Gasteiger partial charge < -0.3 is 10.2 Å². The van der Waals surface area contributed by atoms with Crippen LogP contribution in [0.1, 0.15) is 10.4 Å². The Morgan fingerprint density at radius 2 is 1.84 bits per heavy atom. The van der Waals surface area contributed by atoms with Gasteiger partial charge in [-0.2, -0.15) is 0 Å². The van der Waals surface area contributed by atoms with Crippen LogP contribution in [0.5, 0.6) is 0 Å².